The molecule has 0 saturated heterocycles. The van der Waals surface area contributed by atoms with Crippen LogP contribution in [0.3, 0.4) is 0 Å². The molecule has 1 rings (SSSR count). The highest BCUT2D eigenvalue weighted by molar-refractivity contribution is 5.78. The second-order valence-corrected chi connectivity index (χ2v) is 6.15. The topological polar surface area (TPSA) is 84.6 Å². The molecule has 3 unspecified atom stereocenters. The van der Waals surface area contributed by atoms with Crippen LogP contribution in [0.15, 0.2) is 0 Å². The molecule has 18 heavy (non-hydrogen) atoms. The minimum Gasteiger partial charge on any atom is -0.382 e. The zero-order chi connectivity index (χ0) is 13.9. The van der Waals surface area contributed by atoms with E-state index in [1.54, 1.807) is 0 Å². The van der Waals surface area contributed by atoms with E-state index >= 15 is 0 Å². The summed E-state index contributed by atoms with van der Waals surface area (Å²) in [5.41, 5.74) is 5.02. The van der Waals surface area contributed by atoms with Crippen molar-refractivity contribution in [1.29, 1.82) is 0 Å². The van der Waals surface area contributed by atoms with Crippen molar-refractivity contribution in [1.82, 2.24) is 5.32 Å². The molecule has 1 amide bonds. The molecule has 5 heteroatoms. The summed E-state index contributed by atoms with van der Waals surface area (Å²) in [5.74, 6) is -0.156. The van der Waals surface area contributed by atoms with Crippen molar-refractivity contribution in [3.8, 4) is 0 Å². The average Bonchev–Trinajstić information content (AvgIpc) is 2.25. The Morgan fingerprint density at radius 3 is 2.61 bits per heavy atom. The maximum absolute atomic E-state index is 10.7. The lowest BCUT2D eigenvalue weighted by atomic mass is 9.64. The molecule has 0 radical (unpaired) electrons. The number of hydrogen-bond acceptors (Lipinski definition) is 4. The monoisotopic (exact) mass is 258 g/mol. The number of aliphatic hydroxyl groups is 1. The lowest BCUT2D eigenvalue weighted by molar-refractivity contribution is -0.131. The van der Waals surface area contributed by atoms with Crippen molar-refractivity contribution in [2.45, 2.75) is 52.4 Å². The van der Waals surface area contributed by atoms with Gasteiger partial charge in [0, 0.05) is 24.6 Å². The van der Waals surface area contributed by atoms with Gasteiger partial charge in [0.25, 0.3) is 0 Å². The van der Waals surface area contributed by atoms with Crippen LogP contribution in [-0.4, -0.2) is 42.4 Å². The Labute approximate surface area is 109 Å². The van der Waals surface area contributed by atoms with E-state index in [2.05, 4.69) is 33.0 Å². The Balaban J connectivity index is 2.32. The van der Waals surface area contributed by atoms with E-state index in [4.69, 9.17) is 10.5 Å². The summed E-state index contributed by atoms with van der Waals surface area (Å²) in [6.45, 7) is 9.51. The van der Waals surface area contributed by atoms with Crippen LogP contribution in [0.2, 0.25) is 0 Å². The quantitative estimate of drug-likeness (QED) is 0.611. The van der Waals surface area contributed by atoms with Crippen molar-refractivity contribution in [2.24, 2.45) is 17.1 Å². The van der Waals surface area contributed by atoms with Gasteiger partial charge >= 0.3 is 0 Å². The summed E-state index contributed by atoms with van der Waals surface area (Å²) in [4.78, 5) is 10.7. The number of carbonyl (C=O) groups excluding carboxylic acids is 1. The van der Waals surface area contributed by atoms with E-state index in [0.29, 0.717) is 5.92 Å². The maximum Gasteiger partial charge on any atom is 0.247 e. The van der Waals surface area contributed by atoms with E-state index in [-0.39, 0.29) is 24.1 Å². The molecule has 1 aliphatic carbocycles. The molecule has 0 bridgehead atoms. The number of nitrogens with two attached hydrogens (primary N) is 1. The highest BCUT2D eigenvalue weighted by Gasteiger charge is 2.48. The molecule has 3 atom stereocenters. The molecule has 4 N–H and O–H groups in total. The first-order valence-corrected chi connectivity index (χ1v) is 6.57. The molecule has 0 aromatic carbocycles. The Morgan fingerprint density at radius 2 is 2.17 bits per heavy atom. The van der Waals surface area contributed by atoms with Gasteiger partial charge in [-0.05, 0) is 12.3 Å². The third-order valence-electron chi connectivity index (χ3n) is 3.69. The largest absolute Gasteiger partial charge is 0.382 e. The van der Waals surface area contributed by atoms with E-state index in [0.717, 1.165) is 13.0 Å². The van der Waals surface area contributed by atoms with Gasteiger partial charge in [0.2, 0.25) is 5.91 Å². The van der Waals surface area contributed by atoms with Crippen molar-refractivity contribution in [3.63, 3.8) is 0 Å². The number of carbonyl (C=O) groups is 1. The standard InChI is InChI=1S/C13H26N2O3/c1-8(2)7-18-11-5-10(13(11,3)4)15-6-9(16)12(14)17/h8-11,15-16H,5-7H2,1-4H3,(H2,14,17). The fourth-order valence-electron chi connectivity index (χ4n) is 2.18. The maximum atomic E-state index is 10.7. The van der Waals surface area contributed by atoms with Crippen LogP contribution in [0.25, 0.3) is 0 Å². The van der Waals surface area contributed by atoms with Crippen molar-refractivity contribution < 1.29 is 14.6 Å². The molecule has 0 heterocycles. The van der Waals surface area contributed by atoms with Gasteiger partial charge < -0.3 is 20.9 Å². The lowest BCUT2D eigenvalue weighted by Crippen LogP contribution is -2.62. The highest BCUT2D eigenvalue weighted by Crippen LogP contribution is 2.42. The fraction of sp³-hybridized carbons (Fsp3) is 0.923. The van der Waals surface area contributed by atoms with E-state index in [1.807, 2.05) is 0 Å². The zero-order valence-electron chi connectivity index (χ0n) is 11.8. The summed E-state index contributed by atoms with van der Waals surface area (Å²) < 4.78 is 5.85. The van der Waals surface area contributed by atoms with Crippen LogP contribution in [-0.2, 0) is 9.53 Å². The second kappa shape index (κ2) is 5.99. The number of ether oxygens (including phenoxy) is 1. The number of primary amides is 1. The Morgan fingerprint density at radius 1 is 1.56 bits per heavy atom. The smallest absolute Gasteiger partial charge is 0.247 e. The SMILES string of the molecule is CC(C)COC1CC(NCC(O)C(N)=O)C1(C)C. The number of nitrogens with one attached hydrogen (secondary N) is 1. The highest BCUT2D eigenvalue weighted by atomic mass is 16.5. The summed E-state index contributed by atoms with van der Waals surface area (Å²) >= 11 is 0. The number of hydrogen-bond donors (Lipinski definition) is 3. The minimum atomic E-state index is -1.11. The van der Waals surface area contributed by atoms with Gasteiger partial charge in [-0.2, -0.15) is 0 Å². The predicted molar refractivity (Wildman–Crippen MR) is 70.0 cm³/mol. The number of amides is 1. The lowest BCUT2D eigenvalue weighted by Gasteiger charge is -2.52. The van der Waals surface area contributed by atoms with Crippen LogP contribution < -0.4 is 11.1 Å². The van der Waals surface area contributed by atoms with Gasteiger partial charge in [-0.1, -0.05) is 27.7 Å². The molecule has 5 nitrogen and oxygen atoms in total. The molecule has 0 aromatic heterocycles. The predicted octanol–water partition coefficient (Wildman–Crippen LogP) is 0.262. The van der Waals surface area contributed by atoms with Crippen molar-refractivity contribution >= 4 is 5.91 Å². The van der Waals surface area contributed by atoms with Crippen LogP contribution in [0.5, 0.6) is 0 Å². The van der Waals surface area contributed by atoms with Gasteiger partial charge in [0.15, 0.2) is 0 Å². The summed E-state index contributed by atoms with van der Waals surface area (Å²) in [5, 5.41) is 12.5. The third kappa shape index (κ3) is 3.67. The summed E-state index contributed by atoms with van der Waals surface area (Å²) in [6, 6.07) is 0.253. The first-order valence-electron chi connectivity index (χ1n) is 6.57. The fourth-order valence-corrected chi connectivity index (χ4v) is 2.18. The molecular weight excluding hydrogens is 232 g/mol. The van der Waals surface area contributed by atoms with E-state index in [9.17, 15) is 9.90 Å². The average molecular weight is 258 g/mol. The first-order chi connectivity index (χ1) is 8.25. The van der Waals surface area contributed by atoms with Crippen LogP contribution >= 0.6 is 0 Å². The minimum absolute atomic E-state index is 0.0201. The Kier molecular flexibility index (Phi) is 5.13. The number of aliphatic hydroxyl groups excluding tert-OH is 1. The molecule has 106 valence electrons. The molecule has 0 aromatic rings. The third-order valence-corrected chi connectivity index (χ3v) is 3.69. The van der Waals surface area contributed by atoms with Crippen molar-refractivity contribution in [2.75, 3.05) is 13.2 Å². The summed E-state index contributed by atoms with van der Waals surface area (Å²) in [6.07, 6.45) is 0.0325. The molecule has 1 fully saturated rings. The second-order valence-electron chi connectivity index (χ2n) is 6.15. The van der Waals surface area contributed by atoms with Crippen molar-refractivity contribution in [3.05, 3.63) is 0 Å². The molecular formula is C13H26N2O3. The van der Waals surface area contributed by atoms with E-state index < -0.39 is 12.0 Å². The number of rotatable bonds is 7. The first kappa shape index (κ1) is 15.4. The molecule has 1 aliphatic rings. The van der Waals surface area contributed by atoms with Crippen LogP contribution in [0, 0.1) is 11.3 Å². The van der Waals surface area contributed by atoms with Gasteiger partial charge in [-0.3, -0.25) is 4.79 Å². The molecule has 0 aliphatic heterocycles. The van der Waals surface area contributed by atoms with Crippen LogP contribution in [0.1, 0.15) is 34.1 Å². The Bertz CT molecular complexity index is 292. The molecule has 0 spiro atoms. The molecule has 1 saturated carbocycles. The van der Waals surface area contributed by atoms with Crippen LogP contribution in [0.4, 0.5) is 0 Å². The summed E-state index contributed by atoms with van der Waals surface area (Å²) in [7, 11) is 0. The zero-order valence-corrected chi connectivity index (χ0v) is 11.8. The van der Waals surface area contributed by atoms with Gasteiger partial charge in [-0.25, -0.2) is 0 Å². The normalized spacial score (nSPS) is 27.9. The van der Waals surface area contributed by atoms with E-state index in [1.165, 1.54) is 0 Å². The van der Waals surface area contributed by atoms with Gasteiger partial charge in [0.05, 0.1) is 6.10 Å². The Hall–Kier alpha value is -0.650. The van der Waals surface area contributed by atoms with Gasteiger partial charge in [-0.15, -0.1) is 0 Å². The van der Waals surface area contributed by atoms with Gasteiger partial charge in [0.1, 0.15) is 6.10 Å².